The minimum absolute atomic E-state index is 0.0239. The van der Waals surface area contributed by atoms with Crippen molar-refractivity contribution in [1.82, 2.24) is 9.80 Å². The van der Waals surface area contributed by atoms with Crippen LogP contribution in [0.4, 0.5) is 4.39 Å². The number of likely N-dealkylation sites (N-methyl/N-ethyl adjacent to an activating group) is 1. The Kier molecular flexibility index (Phi) is 5.65. The van der Waals surface area contributed by atoms with Crippen LogP contribution in [0.25, 0.3) is 0 Å². The molecular weight excluding hydrogens is 319 g/mol. The summed E-state index contributed by atoms with van der Waals surface area (Å²) in [5.74, 6) is -0.909. The fourth-order valence-corrected chi connectivity index (χ4v) is 3.37. The smallest absolute Gasteiger partial charge is 0.258 e. The van der Waals surface area contributed by atoms with Crippen LogP contribution in [-0.2, 0) is 4.74 Å². The molecule has 0 atom stereocenters. The number of methoxy groups -OCH3 is 1. The molecule has 1 aliphatic rings. The predicted molar refractivity (Wildman–Crippen MR) is 89.6 cm³/mol. The third kappa shape index (κ3) is 3.84. The average molecular weight is 343 g/mol. The van der Waals surface area contributed by atoms with Crippen LogP contribution in [0.5, 0.6) is 0 Å². The summed E-state index contributed by atoms with van der Waals surface area (Å²) in [6, 6.07) is 2.88. The lowest BCUT2D eigenvalue weighted by atomic mass is 9.90. The maximum Gasteiger partial charge on any atom is 0.258 e. The number of hydrogen-bond donors (Lipinski definition) is 0. The van der Waals surface area contributed by atoms with E-state index in [-0.39, 0.29) is 22.1 Å². The molecule has 1 aromatic carbocycles. The van der Waals surface area contributed by atoms with Crippen molar-refractivity contribution in [2.45, 2.75) is 25.4 Å². The number of hydrogen-bond acceptors (Lipinski definition) is 3. The van der Waals surface area contributed by atoms with Crippen molar-refractivity contribution in [2.24, 2.45) is 0 Å². The van der Waals surface area contributed by atoms with Crippen LogP contribution in [0.2, 0.25) is 5.02 Å². The van der Waals surface area contributed by atoms with Gasteiger partial charge in [0.15, 0.2) is 0 Å². The second kappa shape index (κ2) is 7.16. The van der Waals surface area contributed by atoms with Crippen LogP contribution >= 0.6 is 11.6 Å². The standard InChI is InChI=1S/C17H24ClFN2O2/c1-12-5-6-13(19)14(15(12)18)16(22)21-9-7-17(23-4,8-10-21)11-20(2)3/h5-6H,7-11H2,1-4H3. The molecule has 2 rings (SSSR count). The number of amides is 1. The highest BCUT2D eigenvalue weighted by Gasteiger charge is 2.37. The molecule has 0 unspecified atom stereocenters. The summed E-state index contributed by atoms with van der Waals surface area (Å²) in [7, 11) is 5.71. The molecule has 1 amide bonds. The van der Waals surface area contributed by atoms with Gasteiger partial charge < -0.3 is 14.5 Å². The first kappa shape index (κ1) is 18.2. The Balaban J connectivity index is 2.14. The Morgan fingerprint density at radius 3 is 2.52 bits per heavy atom. The Hall–Kier alpha value is -1.17. The highest BCUT2D eigenvalue weighted by atomic mass is 35.5. The summed E-state index contributed by atoms with van der Waals surface area (Å²) >= 11 is 6.15. The zero-order valence-corrected chi connectivity index (χ0v) is 14.9. The van der Waals surface area contributed by atoms with Gasteiger partial charge >= 0.3 is 0 Å². The molecule has 0 radical (unpaired) electrons. The number of likely N-dealkylation sites (tertiary alicyclic amines) is 1. The first-order chi connectivity index (χ1) is 10.8. The van der Waals surface area contributed by atoms with Crippen molar-refractivity contribution in [3.8, 4) is 0 Å². The summed E-state index contributed by atoms with van der Waals surface area (Å²) < 4.78 is 19.8. The van der Waals surface area contributed by atoms with Crippen LogP contribution in [0, 0.1) is 12.7 Å². The monoisotopic (exact) mass is 342 g/mol. The fraction of sp³-hybridized carbons (Fsp3) is 0.588. The molecule has 0 bridgehead atoms. The Morgan fingerprint density at radius 2 is 2.00 bits per heavy atom. The molecule has 0 saturated carbocycles. The van der Waals surface area contributed by atoms with Gasteiger partial charge in [0.25, 0.3) is 5.91 Å². The summed E-state index contributed by atoms with van der Waals surface area (Å²) in [6.45, 7) is 3.63. The van der Waals surface area contributed by atoms with E-state index in [9.17, 15) is 9.18 Å². The molecule has 0 spiro atoms. The van der Waals surface area contributed by atoms with Crippen molar-refractivity contribution in [1.29, 1.82) is 0 Å². The van der Waals surface area contributed by atoms with Gasteiger partial charge in [0.2, 0.25) is 0 Å². The van der Waals surface area contributed by atoms with E-state index in [1.54, 1.807) is 25.0 Å². The number of carbonyl (C=O) groups is 1. The first-order valence-electron chi connectivity index (χ1n) is 7.73. The van der Waals surface area contributed by atoms with E-state index >= 15 is 0 Å². The second-order valence-corrected chi connectivity index (χ2v) is 6.85. The first-order valence-corrected chi connectivity index (χ1v) is 8.11. The minimum atomic E-state index is -0.567. The lowest BCUT2D eigenvalue weighted by Gasteiger charge is -2.42. The quantitative estimate of drug-likeness (QED) is 0.843. The number of halogens is 2. The topological polar surface area (TPSA) is 32.8 Å². The SMILES string of the molecule is COC1(CN(C)C)CCN(C(=O)c2c(F)ccc(C)c2Cl)CC1. The van der Waals surface area contributed by atoms with Crippen molar-refractivity contribution >= 4 is 17.5 Å². The summed E-state index contributed by atoms with van der Waals surface area (Å²) in [6.07, 6.45) is 1.44. The van der Waals surface area contributed by atoms with Gasteiger partial charge in [-0.15, -0.1) is 0 Å². The maximum absolute atomic E-state index is 14.1. The van der Waals surface area contributed by atoms with E-state index in [2.05, 4.69) is 4.90 Å². The zero-order valence-electron chi connectivity index (χ0n) is 14.2. The van der Waals surface area contributed by atoms with E-state index in [4.69, 9.17) is 16.3 Å². The third-order valence-corrected chi connectivity index (χ3v) is 4.98. The zero-order chi connectivity index (χ0) is 17.2. The van der Waals surface area contributed by atoms with Gasteiger partial charge in [-0.05, 0) is 45.5 Å². The Labute approximate surface area is 142 Å². The van der Waals surface area contributed by atoms with E-state index < -0.39 is 5.82 Å². The highest BCUT2D eigenvalue weighted by molar-refractivity contribution is 6.34. The van der Waals surface area contributed by atoms with Gasteiger partial charge in [-0.2, -0.15) is 0 Å². The lowest BCUT2D eigenvalue weighted by Crippen LogP contribution is -2.52. The number of nitrogens with zero attached hydrogens (tertiary/aromatic N) is 2. The van der Waals surface area contributed by atoms with Crippen LogP contribution < -0.4 is 0 Å². The van der Waals surface area contributed by atoms with Gasteiger partial charge in [-0.25, -0.2) is 4.39 Å². The van der Waals surface area contributed by atoms with E-state index in [0.29, 0.717) is 18.7 Å². The van der Waals surface area contributed by atoms with Crippen LogP contribution in [0.15, 0.2) is 12.1 Å². The lowest BCUT2D eigenvalue weighted by molar-refractivity contribution is -0.0654. The summed E-state index contributed by atoms with van der Waals surface area (Å²) in [5, 5.41) is 0.201. The van der Waals surface area contributed by atoms with Gasteiger partial charge in [-0.3, -0.25) is 4.79 Å². The predicted octanol–water partition coefficient (Wildman–Crippen LogP) is 2.97. The number of benzene rings is 1. The van der Waals surface area contributed by atoms with E-state index in [1.165, 1.54) is 6.07 Å². The van der Waals surface area contributed by atoms with Crippen LogP contribution in [0.3, 0.4) is 0 Å². The summed E-state index contributed by atoms with van der Waals surface area (Å²) in [5.41, 5.74) is 0.423. The molecule has 1 heterocycles. The van der Waals surface area contributed by atoms with E-state index in [1.807, 2.05) is 14.1 Å². The second-order valence-electron chi connectivity index (χ2n) is 6.47. The molecule has 1 aliphatic heterocycles. The van der Waals surface area contributed by atoms with Gasteiger partial charge in [0, 0.05) is 26.7 Å². The molecule has 0 aromatic heterocycles. The Bertz CT molecular complexity index is 584. The van der Waals surface area contributed by atoms with E-state index in [0.717, 1.165) is 19.4 Å². The molecule has 6 heteroatoms. The van der Waals surface area contributed by atoms with Crippen molar-refractivity contribution in [3.05, 3.63) is 34.1 Å². The molecule has 128 valence electrons. The largest absolute Gasteiger partial charge is 0.377 e. The third-order valence-electron chi connectivity index (χ3n) is 4.50. The van der Waals surface area contributed by atoms with Crippen LogP contribution in [0.1, 0.15) is 28.8 Å². The summed E-state index contributed by atoms with van der Waals surface area (Å²) in [4.78, 5) is 16.4. The number of ether oxygens (including phenoxy) is 1. The van der Waals surface area contributed by atoms with Crippen molar-refractivity contribution in [3.63, 3.8) is 0 Å². The molecule has 23 heavy (non-hydrogen) atoms. The maximum atomic E-state index is 14.1. The molecule has 1 fully saturated rings. The molecule has 1 aromatic rings. The molecule has 0 N–H and O–H groups in total. The molecule has 1 saturated heterocycles. The van der Waals surface area contributed by atoms with Gasteiger partial charge in [0.05, 0.1) is 16.2 Å². The average Bonchev–Trinajstić information content (AvgIpc) is 2.51. The Morgan fingerprint density at radius 1 is 1.39 bits per heavy atom. The molecule has 0 aliphatic carbocycles. The van der Waals surface area contributed by atoms with Crippen LogP contribution in [-0.4, -0.2) is 62.1 Å². The fourth-order valence-electron chi connectivity index (χ4n) is 3.13. The number of carbonyl (C=O) groups excluding carboxylic acids is 1. The minimum Gasteiger partial charge on any atom is -0.377 e. The highest BCUT2D eigenvalue weighted by Crippen LogP contribution is 2.30. The number of piperidine rings is 1. The number of aryl methyl sites for hydroxylation is 1. The van der Waals surface area contributed by atoms with Gasteiger partial charge in [-0.1, -0.05) is 17.7 Å². The molecule has 4 nitrogen and oxygen atoms in total. The molecular formula is C17H24ClFN2O2. The van der Waals surface area contributed by atoms with Crippen molar-refractivity contribution in [2.75, 3.05) is 40.8 Å². The van der Waals surface area contributed by atoms with Crippen molar-refractivity contribution < 1.29 is 13.9 Å². The normalized spacial score (nSPS) is 17.6. The number of rotatable bonds is 4. The van der Waals surface area contributed by atoms with Gasteiger partial charge in [0.1, 0.15) is 5.82 Å².